The summed E-state index contributed by atoms with van der Waals surface area (Å²) in [5.41, 5.74) is 1.75. The van der Waals surface area contributed by atoms with Crippen molar-refractivity contribution in [2.45, 2.75) is 24.7 Å². The highest BCUT2D eigenvalue weighted by Gasteiger charge is 2.40. The zero-order valence-electron chi connectivity index (χ0n) is 16.6. The molecule has 30 heavy (non-hydrogen) atoms. The summed E-state index contributed by atoms with van der Waals surface area (Å²) in [4.78, 5) is 27.6. The van der Waals surface area contributed by atoms with Crippen LogP contribution in [0, 0.1) is 5.92 Å². The Morgan fingerprint density at radius 1 is 1.20 bits per heavy atom. The van der Waals surface area contributed by atoms with Crippen molar-refractivity contribution in [1.29, 1.82) is 0 Å². The van der Waals surface area contributed by atoms with Crippen molar-refractivity contribution in [1.82, 2.24) is 5.32 Å². The standard InChI is InChI=1S/C23H24BrClN2O3/c24-17-2-1-3-19(14-17)27-11-8-20(22(27)29)21(28)26-15-23(9-12-30-13-10-23)16-4-6-18(25)7-5-16/h1-7,14,20H,8-13,15H2,(H,26,28). The van der Waals surface area contributed by atoms with Crippen molar-refractivity contribution in [2.75, 3.05) is 31.2 Å². The first kappa shape index (κ1) is 21.3. The smallest absolute Gasteiger partial charge is 0.239 e. The molecular weight excluding hydrogens is 468 g/mol. The molecule has 2 aliphatic heterocycles. The van der Waals surface area contributed by atoms with E-state index in [1.807, 2.05) is 48.5 Å². The first-order valence-corrected chi connectivity index (χ1v) is 11.3. The molecule has 0 saturated carbocycles. The van der Waals surface area contributed by atoms with Crippen LogP contribution in [0.25, 0.3) is 0 Å². The maximum absolute atomic E-state index is 12.9. The van der Waals surface area contributed by atoms with Gasteiger partial charge >= 0.3 is 0 Å². The van der Waals surface area contributed by atoms with Gasteiger partial charge in [-0.05, 0) is 55.2 Å². The minimum atomic E-state index is -0.647. The molecule has 0 aromatic heterocycles. The first-order valence-electron chi connectivity index (χ1n) is 10.2. The van der Waals surface area contributed by atoms with E-state index >= 15 is 0 Å². The van der Waals surface area contributed by atoms with Gasteiger partial charge in [-0.2, -0.15) is 0 Å². The zero-order valence-corrected chi connectivity index (χ0v) is 18.9. The van der Waals surface area contributed by atoms with Gasteiger partial charge in [0.15, 0.2) is 0 Å². The van der Waals surface area contributed by atoms with E-state index in [1.165, 1.54) is 0 Å². The summed E-state index contributed by atoms with van der Waals surface area (Å²) in [6.07, 6.45) is 2.16. The summed E-state index contributed by atoms with van der Waals surface area (Å²) in [6, 6.07) is 15.4. The third kappa shape index (κ3) is 4.41. The van der Waals surface area contributed by atoms with Crippen LogP contribution < -0.4 is 10.2 Å². The number of halogens is 2. The first-order chi connectivity index (χ1) is 14.5. The van der Waals surface area contributed by atoms with E-state index in [4.69, 9.17) is 16.3 Å². The van der Waals surface area contributed by atoms with Gasteiger partial charge in [-0.25, -0.2) is 0 Å². The van der Waals surface area contributed by atoms with E-state index in [9.17, 15) is 9.59 Å². The fourth-order valence-corrected chi connectivity index (χ4v) is 4.85. The number of ether oxygens (including phenoxy) is 1. The summed E-state index contributed by atoms with van der Waals surface area (Å²) < 4.78 is 6.47. The molecule has 2 aliphatic rings. The van der Waals surface area contributed by atoms with Crippen molar-refractivity contribution < 1.29 is 14.3 Å². The second-order valence-corrected chi connectivity index (χ2v) is 9.28. The van der Waals surface area contributed by atoms with Gasteiger partial charge in [0.2, 0.25) is 11.8 Å². The van der Waals surface area contributed by atoms with Crippen molar-refractivity contribution in [3.05, 3.63) is 63.6 Å². The van der Waals surface area contributed by atoms with Crippen LogP contribution in [0.15, 0.2) is 53.0 Å². The van der Waals surface area contributed by atoms with Gasteiger partial charge < -0.3 is 15.0 Å². The predicted molar refractivity (Wildman–Crippen MR) is 121 cm³/mol. The Morgan fingerprint density at radius 2 is 1.93 bits per heavy atom. The predicted octanol–water partition coefficient (Wildman–Crippen LogP) is 4.32. The largest absolute Gasteiger partial charge is 0.381 e. The summed E-state index contributed by atoms with van der Waals surface area (Å²) in [5, 5.41) is 3.77. The molecule has 7 heteroatoms. The normalized spacial score (nSPS) is 20.9. The van der Waals surface area contributed by atoms with Crippen molar-refractivity contribution in [3.8, 4) is 0 Å². The molecule has 4 rings (SSSR count). The van der Waals surface area contributed by atoms with E-state index in [1.54, 1.807) is 4.90 Å². The molecule has 2 aromatic carbocycles. The topological polar surface area (TPSA) is 58.6 Å². The molecule has 2 saturated heterocycles. The lowest BCUT2D eigenvalue weighted by Gasteiger charge is -2.38. The highest BCUT2D eigenvalue weighted by molar-refractivity contribution is 9.10. The van der Waals surface area contributed by atoms with Gasteiger partial charge in [0.1, 0.15) is 5.92 Å². The lowest BCUT2D eigenvalue weighted by atomic mass is 9.74. The number of rotatable bonds is 5. The SMILES string of the molecule is O=C(NCC1(c2ccc(Cl)cc2)CCOCC1)C1CCN(c2cccc(Br)c2)C1=O. The number of carbonyl (C=O) groups excluding carboxylic acids is 2. The number of carbonyl (C=O) groups is 2. The highest BCUT2D eigenvalue weighted by Crippen LogP contribution is 2.35. The Balaban J connectivity index is 1.45. The molecular formula is C23H24BrClN2O3. The van der Waals surface area contributed by atoms with E-state index in [0.29, 0.717) is 37.7 Å². The van der Waals surface area contributed by atoms with Crippen LogP contribution in [0.4, 0.5) is 5.69 Å². The van der Waals surface area contributed by atoms with Crippen LogP contribution in [-0.4, -0.2) is 38.1 Å². The van der Waals surface area contributed by atoms with E-state index < -0.39 is 5.92 Å². The Bertz CT molecular complexity index is 928. The number of hydrogen-bond donors (Lipinski definition) is 1. The average Bonchev–Trinajstić information content (AvgIpc) is 3.14. The van der Waals surface area contributed by atoms with Gasteiger partial charge in [-0.1, -0.05) is 45.7 Å². The Labute approximate surface area is 189 Å². The molecule has 2 fully saturated rings. The summed E-state index contributed by atoms with van der Waals surface area (Å²) in [7, 11) is 0. The van der Waals surface area contributed by atoms with Crippen LogP contribution in [0.1, 0.15) is 24.8 Å². The molecule has 2 heterocycles. The Kier molecular flexibility index (Phi) is 6.46. The molecule has 0 spiro atoms. The van der Waals surface area contributed by atoms with Crippen molar-refractivity contribution in [3.63, 3.8) is 0 Å². The molecule has 0 radical (unpaired) electrons. The van der Waals surface area contributed by atoms with Gasteiger partial charge in [0, 0.05) is 46.9 Å². The zero-order chi connectivity index (χ0) is 21.1. The van der Waals surface area contributed by atoms with Gasteiger partial charge in [0.05, 0.1) is 0 Å². The number of nitrogens with one attached hydrogen (secondary N) is 1. The molecule has 1 N–H and O–H groups in total. The molecule has 2 amide bonds. The van der Waals surface area contributed by atoms with Crippen LogP contribution in [0.3, 0.4) is 0 Å². The Morgan fingerprint density at radius 3 is 2.63 bits per heavy atom. The van der Waals surface area contributed by atoms with Gasteiger partial charge in [-0.15, -0.1) is 0 Å². The summed E-state index contributed by atoms with van der Waals surface area (Å²) >= 11 is 9.50. The van der Waals surface area contributed by atoms with Crippen molar-refractivity contribution in [2.24, 2.45) is 5.92 Å². The van der Waals surface area contributed by atoms with Crippen LogP contribution in [-0.2, 0) is 19.7 Å². The third-order valence-corrected chi connectivity index (χ3v) is 6.89. The van der Waals surface area contributed by atoms with E-state index in [0.717, 1.165) is 28.6 Å². The maximum Gasteiger partial charge on any atom is 0.239 e. The molecule has 1 atom stereocenters. The minimum absolute atomic E-state index is 0.141. The van der Waals surface area contributed by atoms with Crippen LogP contribution >= 0.6 is 27.5 Å². The number of benzene rings is 2. The monoisotopic (exact) mass is 490 g/mol. The summed E-state index contributed by atoms with van der Waals surface area (Å²) in [6.45, 7) is 2.33. The fraction of sp³-hybridized carbons (Fsp3) is 0.391. The van der Waals surface area contributed by atoms with Crippen LogP contribution in [0.2, 0.25) is 5.02 Å². The van der Waals surface area contributed by atoms with E-state index in [-0.39, 0.29) is 17.2 Å². The molecule has 0 aliphatic carbocycles. The molecule has 2 aromatic rings. The Hall–Kier alpha value is -1.89. The van der Waals surface area contributed by atoms with Gasteiger partial charge in [0.25, 0.3) is 0 Å². The molecule has 5 nitrogen and oxygen atoms in total. The van der Waals surface area contributed by atoms with E-state index in [2.05, 4.69) is 21.2 Å². The van der Waals surface area contributed by atoms with Crippen LogP contribution in [0.5, 0.6) is 0 Å². The lowest BCUT2D eigenvalue weighted by Crippen LogP contribution is -2.47. The number of anilines is 1. The minimum Gasteiger partial charge on any atom is -0.381 e. The molecule has 0 bridgehead atoms. The number of amides is 2. The van der Waals surface area contributed by atoms with Gasteiger partial charge in [-0.3, -0.25) is 9.59 Å². The van der Waals surface area contributed by atoms with Crippen molar-refractivity contribution >= 4 is 45.0 Å². The number of nitrogens with zero attached hydrogens (tertiary/aromatic N) is 1. The lowest BCUT2D eigenvalue weighted by molar-refractivity contribution is -0.132. The fourth-order valence-electron chi connectivity index (χ4n) is 4.34. The third-order valence-electron chi connectivity index (χ3n) is 6.15. The maximum atomic E-state index is 12.9. The molecule has 158 valence electrons. The number of hydrogen-bond acceptors (Lipinski definition) is 3. The average molecular weight is 492 g/mol. The summed E-state index contributed by atoms with van der Waals surface area (Å²) in [5.74, 6) is -0.985. The quantitative estimate of drug-likeness (QED) is 0.634. The second kappa shape index (κ2) is 9.08. The highest BCUT2D eigenvalue weighted by atomic mass is 79.9. The second-order valence-electron chi connectivity index (χ2n) is 7.93. The molecule has 1 unspecified atom stereocenters.